The quantitative estimate of drug-likeness (QED) is 0.798. The van der Waals surface area contributed by atoms with Crippen LogP contribution in [0, 0.1) is 0 Å². The number of ether oxygens (including phenoxy) is 1. The van der Waals surface area contributed by atoms with E-state index in [0.29, 0.717) is 0 Å². The Bertz CT molecular complexity index is 406. The van der Waals surface area contributed by atoms with Crippen LogP contribution in [0.15, 0.2) is 0 Å². The average molecular weight is 312 g/mol. The first-order chi connectivity index (χ1) is 9.40. The molecule has 1 saturated heterocycles. The monoisotopic (exact) mass is 312 g/mol. The minimum absolute atomic E-state index is 0.0402. The highest BCUT2D eigenvalue weighted by Gasteiger charge is 2.41. The van der Waals surface area contributed by atoms with Gasteiger partial charge >= 0.3 is 18.2 Å². The average Bonchev–Trinajstić information content (AvgIpc) is 2.63. The van der Waals surface area contributed by atoms with Crippen LogP contribution in [0.2, 0.25) is 0 Å². The molecule has 1 aliphatic rings. The van der Waals surface area contributed by atoms with E-state index in [4.69, 9.17) is 4.74 Å². The molecule has 0 aromatic rings. The van der Waals surface area contributed by atoms with Gasteiger partial charge in [-0.3, -0.25) is 4.79 Å². The molecule has 1 heterocycles. The molecule has 1 aliphatic heterocycles. The van der Waals surface area contributed by atoms with Gasteiger partial charge in [0.05, 0.1) is 18.7 Å². The normalized spacial score (nSPS) is 23.1. The summed E-state index contributed by atoms with van der Waals surface area (Å²) in [5, 5.41) is 11.3. The van der Waals surface area contributed by atoms with E-state index in [2.05, 4.69) is 0 Å². The van der Waals surface area contributed by atoms with Gasteiger partial charge in [-0.2, -0.15) is 13.2 Å². The lowest BCUT2D eigenvalue weighted by Crippen LogP contribution is -2.47. The number of halogens is 3. The van der Waals surface area contributed by atoms with Crippen LogP contribution in [0.25, 0.3) is 0 Å². The van der Waals surface area contributed by atoms with Gasteiger partial charge in [-0.25, -0.2) is 4.79 Å². The molecule has 2 atom stereocenters. The Morgan fingerprint density at radius 3 is 2.38 bits per heavy atom. The van der Waals surface area contributed by atoms with Crippen molar-refractivity contribution in [1.29, 1.82) is 0 Å². The third kappa shape index (κ3) is 5.41. The summed E-state index contributed by atoms with van der Waals surface area (Å²) in [6.45, 7) is 4.52. The zero-order chi connectivity index (χ0) is 16.4. The van der Waals surface area contributed by atoms with Gasteiger partial charge in [0, 0.05) is 6.54 Å². The number of β-amino-alcohol motifs (C(OH)–C–C–N with tert-alkyl or cyclic N) is 1. The van der Waals surface area contributed by atoms with Crippen LogP contribution in [0.4, 0.5) is 18.0 Å². The molecule has 21 heavy (non-hydrogen) atoms. The molecule has 2 N–H and O–H groups in total. The Hall–Kier alpha value is -1.51. The van der Waals surface area contributed by atoms with Gasteiger partial charge in [0.1, 0.15) is 5.60 Å². The van der Waals surface area contributed by atoms with Crippen molar-refractivity contribution in [1.82, 2.24) is 10.2 Å². The van der Waals surface area contributed by atoms with Crippen LogP contribution in [-0.2, 0) is 9.53 Å². The van der Waals surface area contributed by atoms with Gasteiger partial charge in [0.15, 0.2) is 0 Å². The zero-order valence-corrected chi connectivity index (χ0v) is 12.0. The van der Waals surface area contributed by atoms with Crippen molar-refractivity contribution in [3.8, 4) is 0 Å². The number of rotatable bonds is 2. The maximum atomic E-state index is 12.1. The second kappa shape index (κ2) is 6.08. The lowest BCUT2D eigenvalue weighted by molar-refractivity contribution is -0.173. The third-order valence-electron chi connectivity index (χ3n) is 2.78. The number of aliphatic hydroxyl groups excluding tert-OH is 1. The van der Waals surface area contributed by atoms with Gasteiger partial charge < -0.3 is 20.1 Å². The summed E-state index contributed by atoms with van der Waals surface area (Å²) in [7, 11) is 0. The predicted molar refractivity (Wildman–Crippen MR) is 66.4 cm³/mol. The highest BCUT2D eigenvalue weighted by Crippen LogP contribution is 2.21. The maximum Gasteiger partial charge on any atom is 0.471 e. The first-order valence-electron chi connectivity index (χ1n) is 6.43. The SMILES string of the molecule is CC(C)(C)OC(=O)N1C[C@@H](O)C[C@@H]1CNC(=O)C(F)(F)F. The third-order valence-corrected chi connectivity index (χ3v) is 2.78. The van der Waals surface area contributed by atoms with E-state index in [1.54, 1.807) is 26.1 Å². The molecule has 0 aliphatic carbocycles. The van der Waals surface area contributed by atoms with Crippen LogP contribution >= 0.6 is 0 Å². The van der Waals surface area contributed by atoms with Crippen molar-refractivity contribution in [2.75, 3.05) is 13.1 Å². The van der Waals surface area contributed by atoms with E-state index in [-0.39, 0.29) is 13.0 Å². The van der Waals surface area contributed by atoms with Crippen LogP contribution in [0.1, 0.15) is 27.2 Å². The first-order valence-corrected chi connectivity index (χ1v) is 6.43. The summed E-state index contributed by atoms with van der Waals surface area (Å²) in [5.74, 6) is -2.08. The summed E-state index contributed by atoms with van der Waals surface area (Å²) in [4.78, 5) is 23.8. The number of hydrogen-bond donors (Lipinski definition) is 2. The molecule has 6 nitrogen and oxygen atoms in total. The van der Waals surface area contributed by atoms with Crippen LogP contribution in [-0.4, -0.2) is 59.0 Å². The summed E-state index contributed by atoms with van der Waals surface area (Å²) in [6.07, 6.45) is -6.48. The fraction of sp³-hybridized carbons (Fsp3) is 0.833. The zero-order valence-electron chi connectivity index (χ0n) is 12.0. The maximum absolute atomic E-state index is 12.1. The highest BCUT2D eigenvalue weighted by molar-refractivity contribution is 5.81. The van der Waals surface area contributed by atoms with Gasteiger partial charge in [-0.15, -0.1) is 0 Å². The van der Waals surface area contributed by atoms with E-state index < -0.39 is 42.5 Å². The Morgan fingerprint density at radius 2 is 1.90 bits per heavy atom. The van der Waals surface area contributed by atoms with Crippen LogP contribution < -0.4 is 5.32 Å². The van der Waals surface area contributed by atoms with Crippen molar-refractivity contribution in [3.63, 3.8) is 0 Å². The van der Waals surface area contributed by atoms with Crippen molar-refractivity contribution >= 4 is 12.0 Å². The van der Waals surface area contributed by atoms with E-state index >= 15 is 0 Å². The van der Waals surface area contributed by atoms with Gasteiger partial charge in [0.2, 0.25) is 0 Å². The van der Waals surface area contributed by atoms with Crippen LogP contribution in [0.5, 0.6) is 0 Å². The summed E-state index contributed by atoms with van der Waals surface area (Å²) in [5.41, 5.74) is -0.760. The van der Waals surface area contributed by atoms with Crippen molar-refractivity contribution in [3.05, 3.63) is 0 Å². The van der Waals surface area contributed by atoms with Gasteiger partial charge in [-0.1, -0.05) is 0 Å². The summed E-state index contributed by atoms with van der Waals surface area (Å²) >= 11 is 0. The first kappa shape index (κ1) is 17.5. The van der Waals surface area contributed by atoms with E-state index in [1.807, 2.05) is 0 Å². The second-order valence-corrected chi connectivity index (χ2v) is 5.88. The number of alkyl halides is 3. The fourth-order valence-corrected chi connectivity index (χ4v) is 1.94. The number of aliphatic hydroxyl groups is 1. The van der Waals surface area contributed by atoms with Crippen molar-refractivity contribution in [2.24, 2.45) is 0 Å². The number of amides is 2. The summed E-state index contributed by atoms with van der Waals surface area (Å²) in [6, 6.07) is -0.735. The van der Waals surface area contributed by atoms with Gasteiger partial charge in [0.25, 0.3) is 0 Å². The molecule has 122 valence electrons. The van der Waals surface area contributed by atoms with Crippen molar-refractivity contribution in [2.45, 2.75) is 51.1 Å². The smallest absolute Gasteiger partial charge is 0.444 e. The van der Waals surface area contributed by atoms with E-state index in [0.717, 1.165) is 4.90 Å². The number of hydrogen-bond acceptors (Lipinski definition) is 4. The van der Waals surface area contributed by atoms with Gasteiger partial charge in [-0.05, 0) is 27.2 Å². The minimum atomic E-state index is -4.98. The Balaban J connectivity index is 2.63. The molecule has 0 bridgehead atoms. The number of carbonyl (C=O) groups excluding carboxylic acids is 2. The molecular weight excluding hydrogens is 293 g/mol. The second-order valence-electron chi connectivity index (χ2n) is 5.88. The standard InChI is InChI=1S/C12H19F3N2O4/c1-11(2,3)21-10(20)17-6-8(18)4-7(17)5-16-9(19)12(13,14)15/h7-8,18H,4-6H2,1-3H3,(H,16,19)/t7-,8+/m1/s1. The van der Waals surface area contributed by atoms with Crippen LogP contribution in [0.3, 0.4) is 0 Å². The topological polar surface area (TPSA) is 78.9 Å². The molecule has 0 radical (unpaired) electrons. The summed E-state index contributed by atoms with van der Waals surface area (Å²) < 4.78 is 41.4. The molecule has 1 rings (SSSR count). The molecule has 0 unspecified atom stereocenters. The minimum Gasteiger partial charge on any atom is -0.444 e. The van der Waals surface area contributed by atoms with E-state index in [9.17, 15) is 27.9 Å². The highest BCUT2D eigenvalue weighted by atomic mass is 19.4. The predicted octanol–water partition coefficient (Wildman–Crippen LogP) is 1.04. The molecule has 0 aromatic heterocycles. The Morgan fingerprint density at radius 1 is 1.33 bits per heavy atom. The Labute approximate surface area is 120 Å². The number of likely N-dealkylation sites (tertiary alicyclic amines) is 1. The lowest BCUT2D eigenvalue weighted by Gasteiger charge is -2.28. The molecule has 0 saturated carbocycles. The molecule has 2 amide bonds. The molecule has 9 heteroatoms. The lowest BCUT2D eigenvalue weighted by atomic mass is 10.2. The molecular formula is C12H19F3N2O4. The van der Waals surface area contributed by atoms with E-state index in [1.165, 1.54) is 0 Å². The largest absolute Gasteiger partial charge is 0.471 e. The fourth-order valence-electron chi connectivity index (χ4n) is 1.94. The number of nitrogens with one attached hydrogen (secondary N) is 1. The molecule has 1 fully saturated rings. The number of carbonyl (C=O) groups is 2. The molecule has 0 aromatic carbocycles. The molecule has 0 spiro atoms. The Kier molecular flexibility index (Phi) is 5.08. The van der Waals surface area contributed by atoms with Crippen molar-refractivity contribution < 1.29 is 32.6 Å². The number of nitrogens with zero attached hydrogens (tertiary/aromatic N) is 1.